The van der Waals surface area contributed by atoms with Gasteiger partial charge in [0.05, 0.1) is 43.0 Å². The van der Waals surface area contributed by atoms with Crippen LogP contribution in [-0.2, 0) is 30.1 Å². The molecule has 0 spiro atoms. The first-order valence-electron chi connectivity index (χ1n) is 14.2. The average Bonchev–Trinajstić information content (AvgIpc) is 3.19. The van der Waals surface area contributed by atoms with Gasteiger partial charge in [0.1, 0.15) is 11.7 Å². The Morgan fingerprint density at radius 3 is 2.32 bits per heavy atom. The lowest BCUT2D eigenvalue weighted by Gasteiger charge is -2.32. The van der Waals surface area contributed by atoms with Gasteiger partial charge < -0.3 is 29.6 Å². The number of rotatable bonds is 11. The predicted octanol–water partition coefficient (Wildman–Crippen LogP) is 1.96. The zero-order valence-corrected chi connectivity index (χ0v) is 24.3. The van der Waals surface area contributed by atoms with Crippen LogP contribution in [0.15, 0.2) is 48.9 Å². The summed E-state index contributed by atoms with van der Waals surface area (Å²) in [5.74, 6) is -1.85. The van der Waals surface area contributed by atoms with E-state index in [0.29, 0.717) is 32.7 Å². The van der Waals surface area contributed by atoms with Crippen LogP contribution in [0.2, 0.25) is 0 Å². The monoisotopic (exact) mass is 565 g/mol. The third-order valence-corrected chi connectivity index (χ3v) is 7.91. The highest BCUT2D eigenvalue weighted by Gasteiger charge is 2.54. The number of hydrogen-bond acceptors (Lipinski definition) is 8. The molecule has 2 aliphatic rings. The Balaban J connectivity index is 1.51. The number of aromatic nitrogens is 2. The Morgan fingerprint density at radius 2 is 1.68 bits per heavy atom. The van der Waals surface area contributed by atoms with Crippen molar-refractivity contribution in [3.63, 3.8) is 0 Å². The fourth-order valence-electron chi connectivity index (χ4n) is 4.76. The second-order valence-corrected chi connectivity index (χ2v) is 11.4. The molecule has 1 unspecified atom stereocenters. The summed E-state index contributed by atoms with van der Waals surface area (Å²) >= 11 is 0. The van der Waals surface area contributed by atoms with Gasteiger partial charge in [-0.1, -0.05) is 30.3 Å². The SMILES string of the molecule is CC1(C)OB([C@@H](CCCc2ccccc2)NC(=O)C(CC(=O)N2CCOCC2)NC(=O)c2cnccn2)OC1(C)C. The number of hydrogen-bond donors (Lipinski definition) is 2. The summed E-state index contributed by atoms with van der Waals surface area (Å²) in [5.41, 5.74) is 0.0593. The van der Waals surface area contributed by atoms with Crippen LogP contribution in [0.1, 0.15) is 63.0 Å². The van der Waals surface area contributed by atoms with Crippen LogP contribution in [0.3, 0.4) is 0 Å². The molecule has 2 N–H and O–H groups in total. The van der Waals surface area contributed by atoms with Crippen molar-refractivity contribution < 1.29 is 28.4 Å². The van der Waals surface area contributed by atoms with Gasteiger partial charge in [0.15, 0.2) is 0 Å². The van der Waals surface area contributed by atoms with E-state index in [9.17, 15) is 14.4 Å². The lowest BCUT2D eigenvalue weighted by molar-refractivity contribution is -0.138. The molecule has 12 heteroatoms. The van der Waals surface area contributed by atoms with Gasteiger partial charge >= 0.3 is 7.12 Å². The maximum Gasteiger partial charge on any atom is 0.481 e. The van der Waals surface area contributed by atoms with Crippen LogP contribution < -0.4 is 10.6 Å². The third kappa shape index (κ3) is 8.11. The first kappa shape index (κ1) is 30.6. The van der Waals surface area contributed by atoms with Crippen molar-refractivity contribution in [3.05, 3.63) is 60.2 Å². The fourth-order valence-corrected chi connectivity index (χ4v) is 4.76. The van der Waals surface area contributed by atoms with Crippen molar-refractivity contribution in [1.29, 1.82) is 0 Å². The Bertz CT molecular complexity index is 1160. The molecule has 2 atom stereocenters. The van der Waals surface area contributed by atoms with E-state index in [-0.39, 0.29) is 18.0 Å². The second kappa shape index (κ2) is 13.5. The highest BCUT2D eigenvalue weighted by molar-refractivity contribution is 6.48. The van der Waals surface area contributed by atoms with Gasteiger partial charge in [0.25, 0.3) is 5.91 Å². The molecule has 3 heterocycles. The summed E-state index contributed by atoms with van der Waals surface area (Å²) in [6.45, 7) is 9.56. The minimum absolute atomic E-state index is 0.0505. The number of aryl methyl sites for hydroxylation is 1. The van der Waals surface area contributed by atoms with Gasteiger partial charge in [-0.15, -0.1) is 0 Å². The molecular formula is C29H40BN5O6. The maximum atomic E-state index is 13.8. The van der Waals surface area contributed by atoms with Crippen molar-refractivity contribution in [2.24, 2.45) is 0 Å². The van der Waals surface area contributed by atoms with Crippen molar-refractivity contribution in [2.75, 3.05) is 26.3 Å². The van der Waals surface area contributed by atoms with Crippen LogP contribution in [0.4, 0.5) is 0 Å². The minimum atomic E-state index is -1.14. The molecule has 2 aliphatic heterocycles. The van der Waals surface area contributed by atoms with Gasteiger partial charge in [-0.2, -0.15) is 0 Å². The summed E-state index contributed by atoms with van der Waals surface area (Å²) in [7, 11) is -0.703. The van der Waals surface area contributed by atoms with Gasteiger partial charge in [-0.3, -0.25) is 19.4 Å². The van der Waals surface area contributed by atoms with Crippen LogP contribution >= 0.6 is 0 Å². The van der Waals surface area contributed by atoms with Gasteiger partial charge in [-0.25, -0.2) is 4.98 Å². The van der Waals surface area contributed by atoms with Crippen LogP contribution in [0.25, 0.3) is 0 Å². The first-order valence-corrected chi connectivity index (χ1v) is 14.2. The quantitative estimate of drug-likeness (QED) is 0.396. The summed E-state index contributed by atoms with van der Waals surface area (Å²) in [6.07, 6.45) is 6.09. The lowest BCUT2D eigenvalue weighted by atomic mass is 9.75. The fraction of sp³-hybridized carbons (Fsp3) is 0.552. The molecule has 2 fully saturated rings. The molecule has 11 nitrogen and oxygen atoms in total. The maximum absolute atomic E-state index is 13.8. The average molecular weight is 565 g/mol. The van der Waals surface area contributed by atoms with Gasteiger partial charge in [0, 0.05) is 25.5 Å². The summed E-state index contributed by atoms with van der Waals surface area (Å²) in [6, 6.07) is 8.97. The Kier molecular flexibility index (Phi) is 10.1. The van der Waals surface area contributed by atoms with Gasteiger partial charge in [-0.05, 0) is 52.5 Å². The topological polar surface area (TPSA) is 132 Å². The van der Waals surface area contributed by atoms with Crippen LogP contribution in [-0.4, -0.2) is 89.2 Å². The van der Waals surface area contributed by atoms with E-state index in [4.69, 9.17) is 14.0 Å². The molecule has 220 valence electrons. The molecule has 0 bridgehead atoms. The molecule has 1 aromatic carbocycles. The summed E-state index contributed by atoms with van der Waals surface area (Å²) < 4.78 is 18.0. The summed E-state index contributed by atoms with van der Waals surface area (Å²) in [5, 5.41) is 5.75. The van der Waals surface area contributed by atoms with Crippen molar-refractivity contribution in [3.8, 4) is 0 Å². The van der Waals surface area contributed by atoms with E-state index in [0.717, 1.165) is 12.8 Å². The highest BCUT2D eigenvalue weighted by atomic mass is 16.7. The predicted molar refractivity (Wildman–Crippen MR) is 153 cm³/mol. The number of carbonyl (C=O) groups is 3. The van der Waals surface area contributed by atoms with E-state index in [1.165, 1.54) is 24.2 Å². The Labute approximate surface area is 241 Å². The van der Waals surface area contributed by atoms with Crippen LogP contribution in [0, 0.1) is 0 Å². The molecule has 2 saturated heterocycles. The molecule has 0 saturated carbocycles. The zero-order valence-electron chi connectivity index (χ0n) is 24.3. The molecule has 1 aromatic heterocycles. The number of nitrogens with one attached hydrogen (secondary N) is 2. The first-order chi connectivity index (χ1) is 19.6. The van der Waals surface area contributed by atoms with Crippen molar-refractivity contribution in [1.82, 2.24) is 25.5 Å². The molecule has 0 radical (unpaired) electrons. The van der Waals surface area contributed by atoms with Crippen molar-refractivity contribution in [2.45, 2.75) is 76.6 Å². The molecule has 3 amide bonds. The van der Waals surface area contributed by atoms with E-state index in [1.807, 2.05) is 45.9 Å². The summed E-state index contributed by atoms with van der Waals surface area (Å²) in [4.78, 5) is 49.5. The largest absolute Gasteiger partial charge is 0.481 e. The van der Waals surface area contributed by atoms with E-state index in [2.05, 4.69) is 32.7 Å². The molecule has 41 heavy (non-hydrogen) atoms. The van der Waals surface area contributed by atoms with E-state index >= 15 is 0 Å². The molecular weight excluding hydrogens is 525 g/mol. The standard InChI is InChI=1S/C29H40BN5O6/c1-28(2)29(3,4)41-30(40-28)24(12-8-11-21-9-6-5-7-10-21)34-26(37)22(19-25(36)35-15-17-39-18-16-35)33-27(38)23-20-31-13-14-32-23/h5-7,9-10,13-14,20,22,24H,8,11-12,15-19H2,1-4H3,(H,33,38)(H,34,37)/t22?,24-/m1/s1. The van der Waals surface area contributed by atoms with Crippen molar-refractivity contribution >= 4 is 24.8 Å². The normalized spacial score (nSPS) is 19.3. The number of benzene rings is 1. The number of ether oxygens (including phenoxy) is 1. The number of nitrogens with zero attached hydrogens (tertiary/aromatic N) is 3. The Hall–Kier alpha value is -3.35. The minimum Gasteiger partial charge on any atom is -0.402 e. The second-order valence-electron chi connectivity index (χ2n) is 11.4. The van der Waals surface area contributed by atoms with Crippen LogP contribution in [0.5, 0.6) is 0 Å². The number of amides is 3. The third-order valence-electron chi connectivity index (χ3n) is 7.91. The number of morpholine rings is 1. The molecule has 0 aliphatic carbocycles. The Morgan fingerprint density at radius 1 is 1.00 bits per heavy atom. The highest BCUT2D eigenvalue weighted by Crippen LogP contribution is 2.38. The zero-order chi connectivity index (χ0) is 29.5. The lowest BCUT2D eigenvalue weighted by Crippen LogP contribution is -2.56. The van der Waals surface area contributed by atoms with Gasteiger partial charge in [0.2, 0.25) is 11.8 Å². The smallest absolute Gasteiger partial charge is 0.402 e. The van der Waals surface area contributed by atoms with E-state index in [1.54, 1.807) is 4.90 Å². The molecule has 4 rings (SSSR count). The van der Waals surface area contributed by atoms with E-state index < -0.39 is 42.1 Å². The molecule has 2 aromatic rings. The number of carbonyl (C=O) groups excluding carboxylic acids is 3.